The summed E-state index contributed by atoms with van der Waals surface area (Å²) in [7, 11) is 1.93. The Morgan fingerprint density at radius 2 is 2.12 bits per heavy atom. The maximum Gasteiger partial charge on any atom is 0.269 e. The molecule has 0 aliphatic carbocycles. The van der Waals surface area contributed by atoms with Gasteiger partial charge in [-0.05, 0) is 49.1 Å². The van der Waals surface area contributed by atoms with Gasteiger partial charge in [0, 0.05) is 25.7 Å². The fourth-order valence-corrected chi connectivity index (χ4v) is 2.38. The molecule has 128 valence electrons. The molecule has 2 aromatic rings. The predicted molar refractivity (Wildman–Crippen MR) is 98.3 cm³/mol. The lowest BCUT2D eigenvalue weighted by atomic mass is 9.97. The van der Waals surface area contributed by atoms with Crippen molar-refractivity contribution in [2.75, 3.05) is 13.6 Å². The third kappa shape index (κ3) is 4.64. The number of nitro groups is 1. The second-order valence-corrected chi connectivity index (χ2v) is 5.81. The largest absolute Gasteiger partial charge is 0.366 e. The molecule has 0 aliphatic rings. The molecule has 0 N–H and O–H groups in total. The van der Waals surface area contributed by atoms with Crippen LogP contribution in [-0.4, -0.2) is 29.8 Å². The van der Waals surface area contributed by atoms with Gasteiger partial charge in [0.05, 0.1) is 28.6 Å². The molecule has 0 amide bonds. The lowest BCUT2D eigenvalue weighted by Crippen LogP contribution is -2.14. The van der Waals surface area contributed by atoms with Crippen LogP contribution >= 0.6 is 0 Å². The van der Waals surface area contributed by atoms with Crippen molar-refractivity contribution >= 4 is 17.7 Å². The second-order valence-electron chi connectivity index (χ2n) is 5.81. The average Bonchev–Trinajstić information content (AvgIpc) is 2.62. The summed E-state index contributed by atoms with van der Waals surface area (Å²) < 4.78 is 0. The molecule has 25 heavy (non-hydrogen) atoms. The van der Waals surface area contributed by atoms with Crippen molar-refractivity contribution in [1.82, 2.24) is 4.90 Å². The number of nitro benzene ring substituents is 1. The summed E-state index contributed by atoms with van der Waals surface area (Å²) >= 11 is 0. The molecule has 0 heterocycles. The number of aliphatic imine (C=N–C) groups is 1. The lowest BCUT2D eigenvalue weighted by Gasteiger charge is -2.12. The van der Waals surface area contributed by atoms with Crippen molar-refractivity contribution in [2.24, 2.45) is 4.99 Å². The van der Waals surface area contributed by atoms with E-state index in [1.165, 1.54) is 6.07 Å². The Morgan fingerprint density at radius 3 is 2.76 bits per heavy atom. The molecule has 0 unspecified atom stereocenters. The Kier molecular flexibility index (Phi) is 5.85. The van der Waals surface area contributed by atoms with Crippen molar-refractivity contribution in [3.8, 4) is 6.07 Å². The van der Waals surface area contributed by atoms with E-state index < -0.39 is 4.92 Å². The van der Waals surface area contributed by atoms with E-state index in [0.29, 0.717) is 12.0 Å². The van der Waals surface area contributed by atoms with Gasteiger partial charge >= 0.3 is 0 Å². The van der Waals surface area contributed by atoms with Gasteiger partial charge in [-0.15, -0.1) is 0 Å². The van der Waals surface area contributed by atoms with Crippen LogP contribution in [-0.2, 0) is 6.42 Å². The van der Waals surface area contributed by atoms with E-state index in [1.54, 1.807) is 24.5 Å². The quantitative estimate of drug-likeness (QED) is 0.346. The van der Waals surface area contributed by atoms with Crippen LogP contribution in [0.3, 0.4) is 0 Å². The van der Waals surface area contributed by atoms with E-state index in [4.69, 9.17) is 0 Å². The van der Waals surface area contributed by atoms with Crippen LogP contribution in [0.25, 0.3) is 0 Å². The highest BCUT2D eigenvalue weighted by molar-refractivity contribution is 5.65. The summed E-state index contributed by atoms with van der Waals surface area (Å²) in [5.41, 5.74) is 4.05. The minimum atomic E-state index is -0.404. The van der Waals surface area contributed by atoms with Gasteiger partial charge in [0.1, 0.15) is 0 Å². The topological polar surface area (TPSA) is 82.5 Å². The Hall–Kier alpha value is -3.20. The standard InChI is InChI=1S/C19H20N4O2/c1-4-22(3)13-21-19-11-16(12-20)9-17(14(19)2)8-15-6-5-7-18(10-15)23(24)25/h5-7,9-11,13H,4,8H2,1-3H3. The third-order valence-electron chi connectivity index (χ3n) is 4.03. The monoisotopic (exact) mass is 336 g/mol. The normalized spacial score (nSPS) is 10.6. The fraction of sp³-hybridized carbons (Fsp3) is 0.263. The molecule has 0 aliphatic heterocycles. The van der Waals surface area contributed by atoms with Crippen LogP contribution < -0.4 is 0 Å². The SMILES string of the molecule is CCN(C)C=Nc1cc(C#N)cc(Cc2cccc([N+](=O)[O-])c2)c1C. The van der Waals surface area contributed by atoms with Crippen LogP contribution in [0.15, 0.2) is 41.4 Å². The molecule has 6 heteroatoms. The highest BCUT2D eigenvalue weighted by atomic mass is 16.6. The first-order valence-electron chi connectivity index (χ1n) is 7.96. The number of hydrogen-bond acceptors (Lipinski definition) is 4. The molecule has 6 nitrogen and oxygen atoms in total. The van der Waals surface area contributed by atoms with E-state index in [-0.39, 0.29) is 5.69 Å². The molecule has 2 rings (SSSR count). The predicted octanol–water partition coefficient (Wildman–Crippen LogP) is 3.98. The van der Waals surface area contributed by atoms with Gasteiger partial charge in [-0.1, -0.05) is 12.1 Å². The summed E-state index contributed by atoms with van der Waals surface area (Å²) in [6.45, 7) is 4.81. The van der Waals surface area contributed by atoms with E-state index in [2.05, 4.69) is 11.1 Å². The first-order chi connectivity index (χ1) is 11.9. The van der Waals surface area contributed by atoms with Gasteiger partial charge in [0.2, 0.25) is 0 Å². The Labute approximate surface area is 147 Å². The van der Waals surface area contributed by atoms with Gasteiger partial charge in [0.25, 0.3) is 5.69 Å². The van der Waals surface area contributed by atoms with Gasteiger partial charge in [-0.25, -0.2) is 4.99 Å². The lowest BCUT2D eigenvalue weighted by molar-refractivity contribution is -0.384. The van der Waals surface area contributed by atoms with Crippen LogP contribution in [0.5, 0.6) is 0 Å². The molecule has 0 bridgehead atoms. The molecular formula is C19H20N4O2. The summed E-state index contributed by atoms with van der Waals surface area (Å²) in [6.07, 6.45) is 2.25. The van der Waals surface area contributed by atoms with Crippen LogP contribution in [0, 0.1) is 28.4 Å². The Morgan fingerprint density at radius 1 is 1.36 bits per heavy atom. The second kappa shape index (κ2) is 8.06. The van der Waals surface area contributed by atoms with Crippen molar-refractivity contribution in [3.63, 3.8) is 0 Å². The van der Waals surface area contributed by atoms with Crippen LogP contribution in [0.1, 0.15) is 29.2 Å². The zero-order valence-electron chi connectivity index (χ0n) is 14.6. The zero-order valence-corrected chi connectivity index (χ0v) is 14.6. The van der Waals surface area contributed by atoms with Gasteiger partial charge in [0.15, 0.2) is 0 Å². The van der Waals surface area contributed by atoms with Crippen LogP contribution in [0.4, 0.5) is 11.4 Å². The number of hydrogen-bond donors (Lipinski definition) is 0. The van der Waals surface area contributed by atoms with E-state index in [9.17, 15) is 15.4 Å². The molecule has 0 radical (unpaired) electrons. The fourth-order valence-electron chi connectivity index (χ4n) is 2.38. The van der Waals surface area contributed by atoms with Gasteiger partial charge in [-0.3, -0.25) is 10.1 Å². The van der Waals surface area contributed by atoms with Crippen molar-refractivity contribution in [2.45, 2.75) is 20.3 Å². The Bertz CT molecular complexity index is 853. The summed E-state index contributed by atoms with van der Waals surface area (Å²) in [5, 5.41) is 20.2. The minimum Gasteiger partial charge on any atom is -0.366 e. The van der Waals surface area contributed by atoms with Gasteiger partial charge in [-0.2, -0.15) is 5.26 Å². The smallest absolute Gasteiger partial charge is 0.269 e. The van der Waals surface area contributed by atoms with E-state index >= 15 is 0 Å². The molecular weight excluding hydrogens is 316 g/mol. The first-order valence-corrected chi connectivity index (χ1v) is 7.96. The number of benzene rings is 2. The molecule has 2 aromatic carbocycles. The molecule has 0 spiro atoms. The zero-order chi connectivity index (χ0) is 18.4. The summed E-state index contributed by atoms with van der Waals surface area (Å²) in [5.74, 6) is 0. The summed E-state index contributed by atoms with van der Waals surface area (Å²) in [6, 6.07) is 12.3. The maximum absolute atomic E-state index is 10.9. The summed E-state index contributed by atoms with van der Waals surface area (Å²) in [4.78, 5) is 17.0. The highest BCUT2D eigenvalue weighted by Gasteiger charge is 2.10. The van der Waals surface area contributed by atoms with Gasteiger partial charge < -0.3 is 4.90 Å². The van der Waals surface area contributed by atoms with Crippen LogP contribution in [0.2, 0.25) is 0 Å². The average molecular weight is 336 g/mol. The van der Waals surface area contributed by atoms with Crippen molar-refractivity contribution in [3.05, 3.63) is 68.8 Å². The van der Waals surface area contributed by atoms with Crippen molar-refractivity contribution < 1.29 is 4.92 Å². The van der Waals surface area contributed by atoms with Crippen molar-refractivity contribution in [1.29, 1.82) is 5.26 Å². The molecule has 0 atom stereocenters. The highest BCUT2D eigenvalue weighted by Crippen LogP contribution is 2.27. The number of nitrogens with zero attached hydrogens (tertiary/aromatic N) is 4. The third-order valence-corrected chi connectivity index (χ3v) is 4.03. The number of nitriles is 1. The maximum atomic E-state index is 10.9. The number of non-ortho nitro benzene ring substituents is 1. The van der Waals surface area contributed by atoms with E-state index in [0.717, 1.165) is 28.9 Å². The molecule has 0 fully saturated rings. The molecule has 0 aromatic heterocycles. The van der Waals surface area contributed by atoms with E-state index in [1.807, 2.05) is 37.9 Å². The number of rotatable bonds is 6. The molecule has 0 saturated heterocycles. The molecule has 0 saturated carbocycles. The minimum absolute atomic E-state index is 0.0643. The first kappa shape index (κ1) is 18.1. The Balaban J connectivity index is 2.40.